The second-order valence-corrected chi connectivity index (χ2v) is 31.0. The Bertz CT molecular complexity index is 2170. The molecular formula is C83H152O17P2. The molecule has 596 valence electrons. The number of allylic oxidation sites excluding steroid dienone is 10. The van der Waals surface area contributed by atoms with E-state index in [4.69, 9.17) is 37.0 Å². The van der Waals surface area contributed by atoms with E-state index in [1.807, 2.05) is 0 Å². The molecule has 0 aliphatic carbocycles. The Morgan fingerprint density at radius 1 is 0.284 bits per heavy atom. The minimum Gasteiger partial charge on any atom is -0.462 e. The number of rotatable bonds is 79. The SMILES string of the molecule is CC/C=C\C/C=C\C/C=C\C/C=C\C/C=C\CCCCCC(=O)OC[C@H](COP(=O)(O)OC[C@@H](O)COP(=O)(O)OC[C@@H](COC(=O)CCCCCCCCCCCCCCC)OC(=O)CCCCCCCCCCCCCCCCC)OC(=O)CCCCCCCCCCCCCCCCC. The summed E-state index contributed by atoms with van der Waals surface area (Å²) in [7, 11) is -9.95. The van der Waals surface area contributed by atoms with Gasteiger partial charge in [0.1, 0.15) is 19.3 Å². The van der Waals surface area contributed by atoms with Gasteiger partial charge in [-0.3, -0.25) is 37.3 Å². The van der Waals surface area contributed by atoms with Crippen LogP contribution in [0.15, 0.2) is 60.8 Å². The molecule has 0 aliphatic heterocycles. The van der Waals surface area contributed by atoms with Crippen molar-refractivity contribution in [1.29, 1.82) is 0 Å². The van der Waals surface area contributed by atoms with Crippen LogP contribution < -0.4 is 0 Å². The lowest BCUT2D eigenvalue weighted by Gasteiger charge is -2.21. The highest BCUT2D eigenvalue weighted by atomic mass is 31.2. The number of carbonyl (C=O) groups excluding carboxylic acids is 4. The highest BCUT2D eigenvalue weighted by molar-refractivity contribution is 7.47. The number of phosphoric ester groups is 2. The van der Waals surface area contributed by atoms with Crippen LogP contribution in [0.2, 0.25) is 0 Å². The molecule has 0 radical (unpaired) electrons. The first kappa shape index (κ1) is 98.8. The van der Waals surface area contributed by atoms with Crippen molar-refractivity contribution in [3.05, 3.63) is 60.8 Å². The van der Waals surface area contributed by atoms with E-state index in [0.717, 1.165) is 122 Å². The van der Waals surface area contributed by atoms with Crippen molar-refractivity contribution < 1.29 is 80.2 Å². The molecule has 0 rings (SSSR count). The van der Waals surface area contributed by atoms with Crippen LogP contribution in [0.5, 0.6) is 0 Å². The zero-order chi connectivity index (χ0) is 74.6. The molecule has 0 aromatic rings. The summed E-state index contributed by atoms with van der Waals surface area (Å²) in [4.78, 5) is 73.1. The topological polar surface area (TPSA) is 237 Å². The molecule has 0 saturated carbocycles. The van der Waals surface area contributed by atoms with Crippen molar-refractivity contribution in [2.45, 2.75) is 406 Å². The Morgan fingerprint density at radius 2 is 0.510 bits per heavy atom. The smallest absolute Gasteiger partial charge is 0.462 e. The number of aliphatic hydroxyl groups excluding tert-OH is 1. The van der Waals surface area contributed by atoms with Crippen molar-refractivity contribution in [3.63, 3.8) is 0 Å². The van der Waals surface area contributed by atoms with Crippen LogP contribution in [0.25, 0.3) is 0 Å². The van der Waals surface area contributed by atoms with Crippen molar-refractivity contribution >= 4 is 39.5 Å². The fourth-order valence-electron chi connectivity index (χ4n) is 11.7. The molecule has 0 aromatic heterocycles. The molecule has 5 atom stereocenters. The molecule has 0 bridgehead atoms. The van der Waals surface area contributed by atoms with Crippen molar-refractivity contribution in [2.24, 2.45) is 0 Å². The van der Waals surface area contributed by atoms with Gasteiger partial charge in [-0.05, 0) is 70.6 Å². The van der Waals surface area contributed by atoms with Gasteiger partial charge in [0, 0.05) is 25.7 Å². The summed E-state index contributed by atoms with van der Waals surface area (Å²) in [5.74, 6) is -2.17. The van der Waals surface area contributed by atoms with Gasteiger partial charge in [0.2, 0.25) is 0 Å². The van der Waals surface area contributed by atoms with Gasteiger partial charge in [0.05, 0.1) is 26.4 Å². The second kappa shape index (κ2) is 76.0. The molecule has 17 nitrogen and oxygen atoms in total. The standard InChI is InChI=1S/C83H152O17P2/c1-5-9-13-17-21-25-29-33-36-37-38-39-42-44-48-52-56-60-64-68-81(86)94-74-79(100-83(88)70-66-62-58-54-50-46-41-35-31-27-23-19-15-11-7-3)76-98-102(91,92)96-72-77(84)71-95-101(89,90)97-75-78(73-93-80(85)67-63-59-55-51-47-43-32-28-24-20-16-12-8-4)99-82(87)69-65-61-57-53-49-45-40-34-30-26-22-18-14-10-6-2/h9,13,21,25,33,36,38-39,44,48,77-79,84H,5-8,10-12,14-20,22-24,26-32,34-35,37,40-43,45-47,49-76H2,1-4H3,(H,89,90)(H,91,92)/b13-9-,25-21-,36-33-,39-38-,48-44-/t77-,78+,79+/m0/s1. The van der Waals surface area contributed by atoms with E-state index in [-0.39, 0.29) is 25.7 Å². The molecule has 0 heterocycles. The van der Waals surface area contributed by atoms with Gasteiger partial charge >= 0.3 is 39.5 Å². The molecule has 19 heteroatoms. The highest BCUT2D eigenvalue weighted by Gasteiger charge is 2.30. The van der Waals surface area contributed by atoms with E-state index >= 15 is 0 Å². The fraction of sp³-hybridized carbons (Fsp3) is 0.831. The Morgan fingerprint density at radius 3 is 0.784 bits per heavy atom. The van der Waals surface area contributed by atoms with Gasteiger partial charge < -0.3 is 33.8 Å². The maximum absolute atomic E-state index is 13.1. The number of phosphoric acid groups is 2. The van der Waals surface area contributed by atoms with E-state index < -0.39 is 97.5 Å². The third-order valence-electron chi connectivity index (χ3n) is 18.0. The molecule has 3 N–H and O–H groups in total. The normalized spacial score (nSPS) is 14.1. The third-order valence-corrected chi connectivity index (χ3v) is 19.9. The van der Waals surface area contributed by atoms with Gasteiger partial charge in [-0.2, -0.15) is 0 Å². The van der Waals surface area contributed by atoms with E-state index in [1.165, 1.54) is 186 Å². The van der Waals surface area contributed by atoms with E-state index in [2.05, 4.69) is 88.5 Å². The molecule has 0 aromatic carbocycles. The van der Waals surface area contributed by atoms with Crippen molar-refractivity contribution in [2.75, 3.05) is 39.6 Å². The van der Waals surface area contributed by atoms with E-state index in [1.54, 1.807) is 0 Å². The number of aliphatic hydroxyl groups is 1. The Hall–Kier alpha value is -3.24. The van der Waals surface area contributed by atoms with Crippen LogP contribution in [-0.2, 0) is 65.4 Å². The first-order valence-electron chi connectivity index (χ1n) is 41.5. The first-order valence-corrected chi connectivity index (χ1v) is 44.5. The number of unbranched alkanes of at least 4 members (excludes halogenated alkanes) is 43. The van der Waals surface area contributed by atoms with Gasteiger partial charge in [0.25, 0.3) is 0 Å². The van der Waals surface area contributed by atoms with Gasteiger partial charge in [0.15, 0.2) is 12.2 Å². The number of hydrogen-bond acceptors (Lipinski definition) is 15. The fourth-order valence-corrected chi connectivity index (χ4v) is 13.3. The van der Waals surface area contributed by atoms with Crippen LogP contribution in [0.3, 0.4) is 0 Å². The van der Waals surface area contributed by atoms with Crippen molar-refractivity contribution in [1.82, 2.24) is 0 Å². The van der Waals surface area contributed by atoms with Crippen LogP contribution in [0.1, 0.15) is 387 Å². The quantitative estimate of drug-likeness (QED) is 0.0169. The predicted molar refractivity (Wildman–Crippen MR) is 418 cm³/mol. The summed E-state index contributed by atoms with van der Waals surface area (Å²) in [5, 5.41) is 10.6. The summed E-state index contributed by atoms with van der Waals surface area (Å²) >= 11 is 0. The average molecular weight is 1480 g/mol. The largest absolute Gasteiger partial charge is 0.472 e. The molecule has 0 spiro atoms. The molecular weight excluding hydrogens is 1330 g/mol. The highest BCUT2D eigenvalue weighted by Crippen LogP contribution is 2.45. The summed E-state index contributed by atoms with van der Waals surface area (Å²) in [6, 6.07) is 0. The lowest BCUT2D eigenvalue weighted by molar-refractivity contribution is -0.161. The van der Waals surface area contributed by atoms with Gasteiger partial charge in [-0.15, -0.1) is 0 Å². The minimum atomic E-state index is -4.98. The van der Waals surface area contributed by atoms with Crippen LogP contribution in [0.4, 0.5) is 0 Å². The molecule has 0 aliphatic rings. The van der Waals surface area contributed by atoms with E-state index in [9.17, 15) is 43.2 Å². The average Bonchev–Trinajstić information content (AvgIpc) is 0.920. The van der Waals surface area contributed by atoms with Gasteiger partial charge in [-0.25, -0.2) is 9.13 Å². The monoisotopic (exact) mass is 1480 g/mol. The third kappa shape index (κ3) is 75.0. The number of ether oxygens (including phenoxy) is 4. The zero-order valence-electron chi connectivity index (χ0n) is 65.3. The summed E-state index contributed by atoms with van der Waals surface area (Å²) in [6.07, 6.45) is 76.1. The van der Waals surface area contributed by atoms with Crippen LogP contribution >= 0.6 is 15.6 Å². The maximum atomic E-state index is 13.1. The predicted octanol–water partition coefficient (Wildman–Crippen LogP) is 24.2. The second-order valence-electron chi connectivity index (χ2n) is 28.1. The summed E-state index contributed by atoms with van der Waals surface area (Å²) < 4.78 is 68.7. The Kier molecular flexibility index (Phi) is 73.6. The molecule has 0 amide bonds. The first-order chi connectivity index (χ1) is 49.7. The number of hydrogen-bond donors (Lipinski definition) is 3. The maximum Gasteiger partial charge on any atom is 0.472 e. The zero-order valence-corrected chi connectivity index (χ0v) is 67.1. The Balaban J connectivity index is 5.33. The minimum absolute atomic E-state index is 0.0942. The molecule has 0 saturated heterocycles. The van der Waals surface area contributed by atoms with Crippen molar-refractivity contribution in [3.8, 4) is 0 Å². The lowest BCUT2D eigenvalue weighted by atomic mass is 10.0. The Labute approximate surface area is 622 Å². The van der Waals surface area contributed by atoms with Crippen LogP contribution in [-0.4, -0.2) is 96.7 Å². The summed E-state index contributed by atoms with van der Waals surface area (Å²) in [5.41, 5.74) is 0. The number of carbonyl (C=O) groups is 4. The van der Waals surface area contributed by atoms with Gasteiger partial charge in [-0.1, -0.05) is 352 Å². The lowest BCUT2D eigenvalue weighted by Crippen LogP contribution is -2.30. The van der Waals surface area contributed by atoms with E-state index in [0.29, 0.717) is 25.7 Å². The molecule has 2 unspecified atom stereocenters. The number of esters is 4. The molecule has 102 heavy (non-hydrogen) atoms. The molecule has 0 fully saturated rings. The summed E-state index contributed by atoms with van der Waals surface area (Å²) in [6.45, 7) is 4.83. The van der Waals surface area contributed by atoms with Crippen LogP contribution in [0, 0.1) is 0 Å².